The Kier molecular flexibility index (Phi) is 6.33. The molecule has 0 spiro atoms. The molecule has 3 nitrogen and oxygen atoms in total. The van der Waals surface area contributed by atoms with Gasteiger partial charge in [0.25, 0.3) is 0 Å². The zero-order valence-corrected chi connectivity index (χ0v) is 11.8. The smallest absolute Gasteiger partial charge is 0.0595 e. The fraction of sp³-hybridized carbons (Fsp3) is 0.600. The summed E-state index contributed by atoms with van der Waals surface area (Å²) in [6.45, 7) is 6.08. The van der Waals surface area contributed by atoms with Gasteiger partial charge in [0.05, 0.1) is 6.61 Å². The van der Waals surface area contributed by atoms with E-state index in [-0.39, 0.29) is 12.6 Å². The molecule has 0 aliphatic carbocycles. The van der Waals surface area contributed by atoms with Crippen LogP contribution < -0.4 is 5.73 Å². The summed E-state index contributed by atoms with van der Waals surface area (Å²) in [5.41, 5.74) is 8.40. The molecule has 2 unspecified atom stereocenters. The molecule has 0 aliphatic rings. The van der Waals surface area contributed by atoms with Gasteiger partial charge in [-0.25, -0.2) is 0 Å². The van der Waals surface area contributed by atoms with E-state index in [4.69, 9.17) is 10.8 Å². The molecule has 0 bridgehead atoms. The average Bonchev–Trinajstić information content (AvgIpc) is 2.38. The van der Waals surface area contributed by atoms with Crippen molar-refractivity contribution in [1.82, 2.24) is 4.90 Å². The van der Waals surface area contributed by atoms with Crippen LogP contribution in [0.5, 0.6) is 0 Å². The first kappa shape index (κ1) is 15.2. The van der Waals surface area contributed by atoms with Crippen molar-refractivity contribution in [3.05, 3.63) is 35.4 Å². The van der Waals surface area contributed by atoms with Crippen molar-refractivity contribution in [2.45, 2.75) is 38.8 Å². The molecule has 0 aliphatic heterocycles. The Hall–Kier alpha value is -0.900. The van der Waals surface area contributed by atoms with E-state index in [9.17, 15) is 0 Å². The number of rotatable bonds is 7. The maximum atomic E-state index is 8.92. The summed E-state index contributed by atoms with van der Waals surface area (Å²) in [6, 6.07) is 8.63. The molecule has 102 valence electrons. The van der Waals surface area contributed by atoms with E-state index < -0.39 is 0 Å². The predicted molar refractivity (Wildman–Crippen MR) is 76.5 cm³/mol. The lowest BCUT2D eigenvalue weighted by Gasteiger charge is -2.20. The molecule has 0 fully saturated rings. The zero-order valence-electron chi connectivity index (χ0n) is 11.8. The molecular weight excluding hydrogens is 224 g/mol. The molecule has 18 heavy (non-hydrogen) atoms. The highest BCUT2D eigenvalue weighted by atomic mass is 16.3. The molecule has 0 radical (unpaired) electrons. The van der Waals surface area contributed by atoms with Gasteiger partial charge in [0.1, 0.15) is 0 Å². The number of benzene rings is 1. The minimum Gasteiger partial charge on any atom is -0.395 e. The first-order valence-corrected chi connectivity index (χ1v) is 6.70. The molecule has 3 heteroatoms. The van der Waals surface area contributed by atoms with Crippen LogP contribution >= 0.6 is 0 Å². The van der Waals surface area contributed by atoms with Crippen molar-refractivity contribution in [1.29, 1.82) is 0 Å². The zero-order chi connectivity index (χ0) is 13.5. The molecule has 0 aromatic heterocycles. The highest BCUT2D eigenvalue weighted by molar-refractivity contribution is 5.24. The number of nitrogens with zero attached hydrogens (tertiary/aromatic N) is 1. The highest BCUT2D eigenvalue weighted by Crippen LogP contribution is 2.19. The van der Waals surface area contributed by atoms with Crippen LogP contribution in [0.3, 0.4) is 0 Å². The maximum absolute atomic E-state index is 8.92. The van der Waals surface area contributed by atoms with Crippen LogP contribution in [0.25, 0.3) is 0 Å². The lowest BCUT2D eigenvalue weighted by atomic mass is 9.97. The van der Waals surface area contributed by atoms with Gasteiger partial charge in [-0.3, -0.25) is 0 Å². The Morgan fingerprint density at radius 2 is 1.89 bits per heavy atom. The molecule has 1 aromatic rings. The lowest BCUT2D eigenvalue weighted by molar-refractivity contribution is 0.218. The first-order chi connectivity index (χ1) is 8.56. The summed E-state index contributed by atoms with van der Waals surface area (Å²) in [7, 11) is 2.03. The number of hydrogen-bond acceptors (Lipinski definition) is 3. The second-order valence-electron chi connectivity index (χ2n) is 5.19. The Bertz CT molecular complexity index is 337. The molecular formula is C15H26N2O. The van der Waals surface area contributed by atoms with Crippen LogP contribution in [-0.4, -0.2) is 36.2 Å². The van der Waals surface area contributed by atoms with Gasteiger partial charge in [0.15, 0.2) is 0 Å². The van der Waals surface area contributed by atoms with Gasteiger partial charge in [-0.15, -0.1) is 0 Å². The van der Waals surface area contributed by atoms with Crippen LogP contribution in [0.15, 0.2) is 24.3 Å². The Morgan fingerprint density at radius 3 is 2.39 bits per heavy atom. The third-order valence-corrected chi connectivity index (χ3v) is 3.39. The normalized spacial score (nSPS) is 14.8. The van der Waals surface area contributed by atoms with Crippen LogP contribution in [0.2, 0.25) is 0 Å². The van der Waals surface area contributed by atoms with Crippen molar-refractivity contribution in [2.75, 3.05) is 20.2 Å². The van der Waals surface area contributed by atoms with Crippen molar-refractivity contribution in [2.24, 2.45) is 5.73 Å². The maximum Gasteiger partial charge on any atom is 0.0595 e. The summed E-state index contributed by atoms with van der Waals surface area (Å²) in [6.07, 6.45) is 1.17. The van der Waals surface area contributed by atoms with E-state index in [1.165, 1.54) is 17.5 Å². The molecule has 1 aromatic carbocycles. The van der Waals surface area contributed by atoms with Crippen LogP contribution in [0.1, 0.15) is 37.3 Å². The van der Waals surface area contributed by atoms with Gasteiger partial charge >= 0.3 is 0 Å². The summed E-state index contributed by atoms with van der Waals surface area (Å²) < 4.78 is 0. The van der Waals surface area contributed by atoms with Crippen LogP contribution in [0, 0.1) is 0 Å². The van der Waals surface area contributed by atoms with Crippen molar-refractivity contribution in [3.8, 4) is 0 Å². The van der Waals surface area contributed by atoms with Crippen molar-refractivity contribution in [3.63, 3.8) is 0 Å². The van der Waals surface area contributed by atoms with Gasteiger partial charge in [0, 0.05) is 19.1 Å². The van der Waals surface area contributed by atoms with E-state index >= 15 is 0 Å². The van der Waals surface area contributed by atoms with Gasteiger partial charge in [0.2, 0.25) is 0 Å². The molecule has 3 N–H and O–H groups in total. The quantitative estimate of drug-likeness (QED) is 0.777. The number of aliphatic hydroxyl groups excluding tert-OH is 1. The third-order valence-electron chi connectivity index (χ3n) is 3.39. The van der Waals surface area contributed by atoms with Crippen molar-refractivity contribution < 1.29 is 5.11 Å². The van der Waals surface area contributed by atoms with Gasteiger partial charge in [-0.05, 0) is 30.5 Å². The van der Waals surface area contributed by atoms with Gasteiger partial charge in [-0.2, -0.15) is 0 Å². The monoisotopic (exact) mass is 250 g/mol. The van der Waals surface area contributed by atoms with E-state index in [0.717, 1.165) is 6.54 Å². The Morgan fingerprint density at radius 1 is 1.28 bits per heavy atom. The summed E-state index contributed by atoms with van der Waals surface area (Å²) in [5.74, 6) is 0.625. The number of aliphatic hydroxyl groups is 1. The largest absolute Gasteiger partial charge is 0.395 e. The Balaban J connectivity index is 2.53. The summed E-state index contributed by atoms with van der Waals surface area (Å²) in [5, 5.41) is 8.92. The average molecular weight is 250 g/mol. The van der Waals surface area contributed by atoms with Crippen LogP contribution in [-0.2, 0) is 6.54 Å². The lowest BCUT2D eigenvalue weighted by Crippen LogP contribution is -2.37. The topological polar surface area (TPSA) is 49.5 Å². The van der Waals surface area contributed by atoms with Gasteiger partial charge < -0.3 is 15.7 Å². The van der Waals surface area contributed by atoms with E-state index in [0.29, 0.717) is 12.5 Å². The second-order valence-corrected chi connectivity index (χ2v) is 5.19. The third kappa shape index (κ3) is 4.77. The minimum absolute atomic E-state index is 0.0390. The number of hydrogen-bond donors (Lipinski definition) is 2. The van der Waals surface area contributed by atoms with E-state index in [2.05, 4.69) is 43.0 Å². The van der Waals surface area contributed by atoms with E-state index in [1.807, 2.05) is 7.05 Å². The Labute approximate surface area is 111 Å². The standard InChI is InChI=1S/C15H26N2O/c1-4-12(2)14-7-5-13(6-8-14)9-17(3)10-15(16)11-18/h5-8,12,15,18H,4,9-11,16H2,1-3H3. The highest BCUT2D eigenvalue weighted by Gasteiger charge is 2.07. The molecule has 1 rings (SSSR count). The van der Waals surface area contributed by atoms with Gasteiger partial charge in [-0.1, -0.05) is 38.1 Å². The van der Waals surface area contributed by atoms with Crippen molar-refractivity contribution >= 4 is 0 Å². The predicted octanol–water partition coefficient (Wildman–Crippen LogP) is 1.95. The summed E-state index contributed by atoms with van der Waals surface area (Å²) >= 11 is 0. The summed E-state index contributed by atoms with van der Waals surface area (Å²) in [4.78, 5) is 2.14. The first-order valence-electron chi connectivity index (χ1n) is 6.70. The fourth-order valence-corrected chi connectivity index (χ4v) is 2.02. The second kappa shape index (κ2) is 7.52. The fourth-order valence-electron chi connectivity index (χ4n) is 2.02. The number of likely N-dealkylation sites (N-methyl/N-ethyl adjacent to an activating group) is 1. The SMILES string of the molecule is CCC(C)c1ccc(CN(C)CC(N)CO)cc1. The molecule has 0 saturated heterocycles. The molecule has 0 amide bonds. The van der Waals surface area contributed by atoms with E-state index in [1.54, 1.807) is 0 Å². The molecule has 0 heterocycles. The minimum atomic E-state index is -0.158. The van der Waals surface area contributed by atoms with Crippen LogP contribution in [0.4, 0.5) is 0 Å². The molecule has 0 saturated carbocycles. The molecule has 2 atom stereocenters. The number of nitrogens with two attached hydrogens (primary N) is 1.